The molecule has 1 amide bonds. The summed E-state index contributed by atoms with van der Waals surface area (Å²) in [4.78, 5) is 16.8. The first-order valence-electron chi connectivity index (χ1n) is 10.00. The number of halogens is 1. The molecule has 0 unspecified atom stereocenters. The molecule has 0 spiro atoms. The maximum absolute atomic E-state index is 11.9. The minimum absolute atomic E-state index is 0.0310. The summed E-state index contributed by atoms with van der Waals surface area (Å²) in [5, 5.41) is 4.24. The number of benzene rings is 2. The summed E-state index contributed by atoms with van der Waals surface area (Å²) in [7, 11) is 0. The Morgan fingerprint density at radius 2 is 1.83 bits per heavy atom. The van der Waals surface area contributed by atoms with E-state index in [1.165, 1.54) is 15.6 Å². The third-order valence-electron chi connectivity index (χ3n) is 5.34. The number of nitrogens with zero attached hydrogens (tertiary/aromatic N) is 3. The molecule has 0 saturated carbocycles. The van der Waals surface area contributed by atoms with Crippen LogP contribution in [0.2, 0.25) is 0 Å². The highest BCUT2D eigenvalue weighted by Crippen LogP contribution is 2.29. The number of piperazine rings is 1. The van der Waals surface area contributed by atoms with Crippen molar-refractivity contribution < 1.29 is 4.79 Å². The second kappa shape index (κ2) is 9.57. The van der Waals surface area contributed by atoms with Gasteiger partial charge in [-0.1, -0.05) is 30.3 Å². The van der Waals surface area contributed by atoms with Crippen molar-refractivity contribution in [2.24, 2.45) is 0 Å². The Labute approximate surface area is 180 Å². The minimum Gasteiger partial charge on any atom is -0.353 e. The number of alkyl halides is 1. The molecule has 5 nitrogen and oxygen atoms in total. The van der Waals surface area contributed by atoms with E-state index >= 15 is 0 Å². The zero-order chi connectivity index (χ0) is 20.1. The van der Waals surface area contributed by atoms with Gasteiger partial charge in [-0.3, -0.25) is 9.69 Å². The second-order valence-corrected chi connectivity index (χ2v) is 8.41. The maximum atomic E-state index is 11.9. The summed E-state index contributed by atoms with van der Waals surface area (Å²) in [6.07, 6.45) is 1.25. The Kier molecular flexibility index (Phi) is 6.64. The lowest BCUT2D eigenvalue weighted by Crippen LogP contribution is -2.47. The first kappa shape index (κ1) is 20.1. The number of fused-ring (bicyclic) bond motifs is 1. The van der Waals surface area contributed by atoms with Crippen LogP contribution in [0, 0.1) is 0 Å². The van der Waals surface area contributed by atoms with Crippen molar-refractivity contribution in [1.82, 2.24) is 9.27 Å². The highest BCUT2D eigenvalue weighted by atomic mass is 35.5. The molecule has 2 aromatic carbocycles. The number of para-hydroxylation sites is 1. The zero-order valence-electron chi connectivity index (χ0n) is 16.3. The SMILES string of the molecule is O=C(CCCl)Nc1ccccc1CCN1CCN(c2nsc3ccccc23)CC1. The monoisotopic (exact) mass is 428 g/mol. The van der Waals surface area contributed by atoms with Gasteiger partial charge in [-0.25, -0.2) is 0 Å². The fourth-order valence-corrected chi connectivity index (χ4v) is 4.69. The average molecular weight is 429 g/mol. The van der Waals surface area contributed by atoms with Crippen molar-refractivity contribution >= 4 is 50.6 Å². The summed E-state index contributed by atoms with van der Waals surface area (Å²) in [6.45, 7) is 5.00. The number of hydrogen-bond acceptors (Lipinski definition) is 5. The number of anilines is 2. The van der Waals surface area contributed by atoms with Gasteiger partial charge in [0, 0.05) is 56.1 Å². The first-order chi connectivity index (χ1) is 14.2. The highest BCUT2D eigenvalue weighted by molar-refractivity contribution is 7.13. The molecule has 2 heterocycles. The Bertz CT molecular complexity index is 968. The molecule has 4 rings (SSSR count). The fourth-order valence-electron chi connectivity index (χ4n) is 3.72. The van der Waals surface area contributed by atoms with E-state index in [1.54, 1.807) is 11.5 Å². The van der Waals surface area contributed by atoms with Gasteiger partial charge in [0.05, 0.1) is 4.70 Å². The summed E-state index contributed by atoms with van der Waals surface area (Å²) < 4.78 is 5.94. The molecule has 1 aliphatic rings. The van der Waals surface area contributed by atoms with Crippen LogP contribution in [0.25, 0.3) is 10.1 Å². The van der Waals surface area contributed by atoms with Crippen LogP contribution < -0.4 is 10.2 Å². The van der Waals surface area contributed by atoms with Gasteiger partial charge in [-0.2, -0.15) is 4.37 Å². The van der Waals surface area contributed by atoms with Gasteiger partial charge in [0.15, 0.2) is 0 Å². The Balaban J connectivity index is 1.32. The van der Waals surface area contributed by atoms with Gasteiger partial charge >= 0.3 is 0 Å². The molecule has 1 aromatic heterocycles. The molecule has 0 radical (unpaired) electrons. The normalized spacial score (nSPS) is 15.0. The highest BCUT2D eigenvalue weighted by Gasteiger charge is 2.20. The van der Waals surface area contributed by atoms with E-state index in [1.807, 2.05) is 18.2 Å². The molecular formula is C22H25ClN4OS. The number of amides is 1. The average Bonchev–Trinajstić information content (AvgIpc) is 3.18. The third-order valence-corrected chi connectivity index (χ3v) is 6.35. The number of hydrogen-bond donors (Lipinski definition) is 1. The van der Waals surface area contributed by atoms with E-state index in [9.17, 15) is 4.79 Å². The number of carbonyl (C=O) groups excluding carboxylic acids is 1. The maximum Gasteiger partial charge on any atom is 0.225 e. The molecule has 0 aliphatic carbocycles. The summed E-state index contributed by atoms with van der Waals surface area (Å²) in [5.74, 6) is 1.43. The molecule has 1 aliphatic heterocycles. The standard InChI is InChI=1S/C22H25ClN4OS/c23-11-9-21(28)24-19-7-3-1-5-17(19)10-12-26-13-15-27(16-14-26)22-18-6-2-4-8-20(18)29-25-22/h1-8H,9-16H2,(H,24,28). The minimum atomic E-state index is -0.0310. The smallest absolute Gasteiger partial charge is 0.225 e. The lowest BCUT2D eigenvalue weighted by molar-refractivity contribution is -0.115. The zero-order valence-corrected chi connectivity index (χ0v) is 17.9. The quantitative estimate of drug-likeness (QED) is 0.572. The fraction of sp³-hybridized carbons (Fsp3) is 0.364. The van der Waals surface area contributed by atoms with Crippen molar-refractivity contribution in [2.75, 3.05) is 48.8 Å². The van der Waals surface area contributed by atoms with Gasteiger partial charge in [-0.05, 0) is 41.7 Å². The lowest BCUT2D eigenvalue weighted by Gasteiger charge is -2.35. The van der Waals surface area contributed by atoms with Crippen LogP contribution in [0.5, 0.6) is 0 Å². The van der Waals surface area contributed by atoms with Crippen molar-refractivity contribution in [3.05, 3.63) is 54.1 Å². The van der Waals surface area contributed by atoms with Crippen LogP contribution in [0.3, 0.4) is 0 Å². The van der Waals surface area contributed by atoms with Crippen molar-refractivity contribution in [2.45, 2.75) is 12.8 Å². The van der Waals surface area contributed by atoms with Crippen LogP contribution in [-0.2, 0) is 11.2 Å². The van der Waals surface area contributed by atoms with Crippen LogP contribution in [0.1, 0.15) is 12.0 Å². The number of aromatic nitrogens is 1. The van der Waals surface area contributed by atoms with Crippen LogP contribution in [0.4, 0.5) is 11.5 Å². The first-order valence-corrected chi connectivity index (χ1v) is 11.3. The Hall–Kier alpha value is -2.15. The molecule has 29 heavy (non-hydrogen) atoms. The van der Waals surface area contributed by atoms with Gasteiger partial charge in [-0.15, -0.1) is 11.6 Å². The van der Waals surface area contributed by atoms with E-state index < -0.39 is 0 Å². The second-order valence-electron chi connectivity index (χ2n) is 7.23. The van der Waals surface area contributed by atoms with Gasteiger partial charge in [0.1, 0.15) is 5.82 Å². The summed E-state index contributed by atoms with van der Waals surface area (Å²) >= 11 is 7.25. The van der Waals surface area contributed by atoms with Crippen molar-refractivity contribution in [3.63, 3.8) is 0 Å². The van der Waals surface area contributed by atoms with Crippen LogP contribution in [0.15, 0.2) is 48.5 Å². The largest absolute Gasteiger partial charge is 0.353 e. The Morgan fingerprint density at radius 3 is 2.66 bits per heavy atom. The van der Waals surface area contributed by atoms with Gasteiger partial charge < -0.3 is 10.2 Å². The molecule has 152 valence electrons. The van der Waals surface area contributed by atoms with E-state index in [0.717, 1.165) is 50.6 Å². The number of carbonyl (C=O) groups is 1. The van der Waals surface area contributed by atoms with Gasteiger partial charge in [0.25, 0.3) is 0 Å². The van der Waals surface area contributed by atoms with E-state index in [4.69, 9.17) is 16.0 Å². The van der Waals surface area contributed by atoms with E-state index in [-0.39, 0.29) is 5.91 Å². The molecule has 0 atom stereocenters. The van der Waals surface area contributed by atoms with E-state index in [0.29, 0.717) is 12.3 Å². The number of nitrogens with one attached hydrogen (secondary N) is 1. The van der Waals surface area contributed by atoms with Crippen LogP contribution in [-0.4, -0.2) is 53.8 Å². The predicted molar refractivity (Wildman–Crippen MR) is 122 cm³/mol. The molecule has 7 heteroatoms. The predicted octanol–water partition coefficient (Wildman–Crippen LogP) is 4.23. The summed E-state index contributed by atoms with van der Waals surface area (Å²) in [6, 6.07) is 16.5. The summed E-state index contributed by atoms with van der Waals surface area (Å²) in [5.41, 5.74) is 2.07. The molecule has 1 fully saturated rings. The molecule has 0 bridgehead atoms. The third kappa shape index (κ3) is 4.89. The van der Waals surface area contributed by atoms with E-state index in [2.05, 4.69) is 45.4 Å². The Morgan fingerprint density at radius 1 is 1.07 bits per heavy atom. The topological polar surface area (TPSA) is 48.5 Å². The molecule has 3 aromatic rings. The molecule has 1 N–H and O–H groups in total. The van der Waals surface area contributed by atoms with Crippen LogP contribution >= 0.6 is 23.1 Å². The number of rotatable bonds is 7. The molecule has 1 saturated heterocycles. The molecular weight excluding hydrogens is 404 g/mol. The van der Waals surface area contributed by atoms with Crippen molar-refractivity contribution in [3.8, 4) is 0 Å². The van der Waals surface area contributed by atoms with Crippen molar-refractivity contribution in [1.29, 1.82) is 0 Å². The lowest BCUT2D eigenvalue weighted by atomic mass is 10.1. The van der Waals surface area contributed by atoms with Gasteiger partial charge in [0.2, 0.25) is 5.91 Å².